The van der Waals surface area contributed by atoms with Crippen LogP contribution in [0.1, 0.15) is 40.5 Å². The van der Waals surface area contributed by atoms with Gasteiger partial charge in [0.25, 0.3) is 11.8 Å². The van der Waals surface area contributed by atoms with Crippen molar-refractivity contribution < 1.29 is 9.59 Å². The molecule has 0 radical (unpaired) electrons. The van der Waals surface area contributed by atoms with Crippen LogP contribution >= 0.6 is 0 Å². The Kier molecular flexibility index (Phi) is 2.74. The average molecular weight is 213 g/mol. The zero-order valence-corrected chi connectivity index (χ0v) is 8.99. The average Bonchev–Trinajstić information content (AvgIpc) is 2.55. The molecule has 1 aliphatic rings. The Morgan fingerprint density at radius 2 is 1.69 bits per heavy atom. The predicted octanol–water partition coefficient (Wildman–Crippen LogP) is 2.04. The fourth-order valence-corrected chi connectivity index (χ4v) is 1.55. The van der Waals surface area contributed by atoms with Gasteiger partial charge in [-0.05, 0) is 18.6 Å². The van der Waals surface area contributed by atoms with Crippen molar-refractivity contribution in [3.63, 3.8) is 0 Å². The maximum atomic E-state index is 11.8. The highest BCUT2D eigenvalue weighted by atomic mass is 16.2. The van der Waals surface area contributed by atoms with Crippen LogP contribution in [0.4, 0.5) is 0 Å². The molecule has 0 N–H and O–H groups in total. The molecule has 3 nitrogen and oxygen atoms in total. The van der Waals surface area contributed by atoms with Gasteiger partial charge in [-0.3, -0.25) is 9.59 Å². The van der Waals surface area contributed by atoms with Gasteiger partial charge in [0, 0.05) is 12.5 Å². The number of hydrogen-bond acceptors (Lipinski definition) is 2. The van der Waals surface area contributed by atoms with E-state index in [1.165, 1.54) is 0 Å². The quantitative estimate of drug-likeness (QED) is 0.529. The fraction of sp³-hybridized carbons (Fsp3) is 0.231. The molecule has 1 aromatic carbocycles. The zero-order chi connectivity index (χ0) is 11.5. The molecule has 0 aliphatic carbocycles. The third-order valence-corrected chi connectivity index (χ3v) is 2.36. The first-order valence-electron chi connectivity index (χ1n) is 5.22. The number of benzene rings is 1. The van der Waals surface area contributed by atoms with Crippen molar-refractivity contribution in [2.24, 2.45) is 0 Å². The van der Waals surface area contributed by atoms with Gasteiger partial charge in [0.05, 0.1) is 11.1 Å². The van der Waals surface area contributed by atoms with Crippen molar-refractivity contribution in [2.75, 3.05) is 0 Å². The third kappa shape index (κ3) is 1.59. The first-order chi connectivity index (χ1) is 7.75. The maximum Gasteiger partial charge on any atom is 0.273 e. The summed E-state index contributed by atoms with van der Waals surface area (Å²) in [6.45, 7) is 2.00. The lowest BCUT2D eigenvalue weighted by Crippen LogP contribution is -2.24. The molecule has 1 aliphatic heterocycles. The molecule has 0 unspecified atom stereocenters. The van der Waals surface area contributed by atoms with Crippen molar-refractivity contribution in [1.29, 1.82) is 0 Å². The molecule has 3 heteroatoms. The Balaban J connectivity index is 2.33. The van der Waals surface area contributed by atoms with Crippen molar-refractivity contribution in [1.82, 2.24) is 4.90 Å². The van der Waals surface area contributed by atoms with Crippen LogP contribution in [0.15, 0.2) is 24.3 Å². The number of nitrogens with zero attached hydrogens (tertiary/aromatic N) is 1. The van der Waals surface area contributed by atoms with Gasteiger partial charge in [0.15, 0.2) is 0 Å². The summed E-state index contributed by atoms with van der Waals surface area (Å²) >= 11 is 0. The molecule has 16 heavy (non-hydrogen) atoms. The number of carbonyl (C=O) groups excluding carboxylic acids is 2. The van der Waals surface area contributed by atoms with Gasteiger partial charge >= 0.3 is 0 Å². The first kappa shape index (κ1) is 10.4. The molecule has 0 fully saturated rings. The van der Waals surface area contributed by atoms with E-state index in [0.29, 0.717) is 17.5 Å². The van der Waals surface area contributed by atoms with Crippen LogP contribution in [-0.2, 0) is 0 Å². The lowest BCUT2D eigenvalue weighted by atomic mass is 10.1. The van der Waals surface area contributed by atoms with E-state index < -0.39 is 0 Å². The number of unbranched alkanes of at least 4 members (excludes halogenated alkanes) is 1. The van der Waals surface area contributed by atoms with Gasteiger partial charge in [-0.1, -0.05) is 25.0 Å². The largest absolute Gasteiger partial charge is 0.273 e. The van der Waals surface area contributed by atoms with E-state index in [0.717, 1.165) is 11.3 Å². The standard InChI is InChI=1S/C13H11NO2/c1-2-3-6-9-14-12(15)10-7-4-5-8-11(10)13(14)16/h4-5,7-8H,2-3H2,1H3. The summed E-state index contributed by atoms with van der Waals surface area (Å²) in [7, 11) is 0. The van der Waals surface area contributed by atoms with Gasteiger partial charge in [-0.2, -0.15) is 4.90 Å². The Morgan fingerprint density at radius 3 is 2.19 bits per heavy atom. The molecule has 0 aromatic heterocycles. The third-order valence-electron chi connectivity index (χ3n) is 2.36. The maximum absolute atomic E-state index is 11.8. The fourth-order valence-electron chi connectivity index (χ4n) is 1.55. The van der Waals surface area contributed by atoms with Crippen LogP contribution in [0.3, 0.4) is 0 Å². The van der Waals surface area contributed by atoms with E-state index in [-0.39, 0.29) is 11.8 Å². The van der Waals surface area contributed by atoms with Gasteiger partial charge < -0.3 is 0 Å². The molecule has 0 saturated carbocycles. The number of imide groups is 1. The minimum Gasteiger partial charge on any atom is -0.267 e. The normalized spacial score (nSPS) is 13.4. The molecule has 2 rings (SSSR count). The summed E-state index contributed by atoms with van der Waals surface area (Å²) in [6, 6.07) is 9.40. The molecule has 0 saturated heterocycles. The van der Waals surface area contributed by atoms with E-state index in [9.17, 15) is 9.59 Å². The van der Waals surface area contributed by atoms with Gasteiger partial charge in [0.1, 0.15) is 0 Å². The van der Waals surface area contributed by atoms with Crippen molar-refractivity contribution in [2.45, 2.75) is 19.8 Å². The zero-order valence-electron chi connectivity index (χ0n) is 8.99. The molecule has 80 valence electrons. The second kappa shape index (κ2) is 4.19. The summed E-state index contributed by atoms with van der Waals surface area (Å²) in [5, 5.41) is 0. The topological polar surface area (TPSA) is 37.4 Å². The van der Waals surface area contributed by atoms with E-state index in [4.69, 9.17) is 0 Å². The highest BCUT2D eigenvalue weighted by Gasteiger charge is 2.34. The summed E-state index contributed by atoms with van der Waals surface area (Å²) in [5.74, 6) is 2.18. The lowest BCUT2D eigenvalue weighted by Gasteiger charge is -2.01. The number of rotatable bonds is 1. The highest BCUT2D eigenvalue weighted by Crippen LogP contribution is 2.21. The van der Waals surface area contributed by atoms with Crippen molar-refractivity contribution >= 4 is 11.8 Å². The van der Waals surface area contributed by atoms with Crippen LogP contribution in [0.2, 0.25) is 0 Å². The van der Waals surface area contributed by atoms with E-state index >= 15 is 0 Å². The van der Waals surface area contributed by atoms with Crippen molar-refractivity contribution in [3.05, 3.63) is 35.4 Å². The molecule has 0 atom stereocenters. The van der Waals surface area contributed by atoms with Crippen molar-refractivity contribution in [3.8, 4) is 12.0 Å². The summed E-state index contributed by atoms with van der Waals surface area (Å²) in [6.07, 6.45) is 1.60. The van der Waals surface area contributed by atoms with Gasteiger partial charge in [-0.25, -0.2) is 0 Å². The molecule has 1 aromatic rings. The second-order valence-electron chi connectivity index (χ2n) is 3.53. The Hall–Kier alpha value is -2.08. The molecule has 0 bridgehead atoms. The number of carbonyl (C=O) groups is 2. The smallest absolute Gasteiger partial charge is 0.267 e. The molecule has 0 spiro atoms. The lowest BCUT2D eigenvalue weighted by molar-refractivity contribution is 0.0735. The number of hydrogen-bond donors (Lipinski definition) is 0. The molecular weight excluding hydrogens is 202 g/mol. The Bertz CT molecular complexity index is 473. The molecule has 2 amide bonds. The number of amides is 2. The van der Waals surface area contributed by atoms with Crippen LogP contribution < -0.4 is 0 Å². The minimum atomic E-state index is -0.316. The van der Waals surface area contributed by atoms with E-state index in [2.05, 4.69) is 12.0 Å². The molecule has 1 heterocycles. The summed E-state index contributed by atoms with van der Waals surface area (Å²) < 4.78 is 0. The molecular formula is C13H11NO2. The van der Waals surface area contributed by atoms with Crippen LogP contribution in [0.5, 0.6) is 0 Å². The van der Waals surface area contributed by atoms with Crippen LogP contribution in [0, 0.1) is 12.0 Å². The van der Waals surface area contributed by atoms with Gasteiger partial charge in [0.2, 0.25) is 0 Å². The van der Waals surface area contributed by atoms with Crippen LogP contribution in [-0.4, -0.2) is 16.7 Å². The second-order valence-corrected chi connectivity index (χ2v) is 3.53. The van der Waals surface area contributed by atoms with E-state index in [1.54, 1.807) is 24.3 Å². The SMILES string of the molecule is CCCC#CN1C(=O)c2ccccc2C1=O. The van der Waals surface area contributed by atoms with Gasteiger partial charge in [-0.15, -0.1) is 0 Å². The van der Waals surface area contributed by atoms with E-state index in [1.807, 2.05) is 6.92 Å². The number of fused-ring (bicyclic) bond motifs is 1. The highest BCUT2D eigenvalue weighted by molar-refractivity contribution is 6.22. The summed E-state index contributed by atoms with van der Waals surface area (Å²) in [4.78, 5) is 24.6. The predicted molar refractivity (Wildman–Crippen MR) is 59.6 cm³/mol. The van der Waals surface area contributed by atoms with Crippen LogP contribution in [0.25, 0.3) is 0 Å². The first-order valence-corrected chi connectivity index (χ1v) is 5.22. The Labute approximate surface area is 94.1 Å². The summed E-state index contributed by atoms with van der Waals surface area (Å²) in [5.41, 5.74) is 0.886. The minimum absolute atomic E-state index is 0.316. The monoisotopic (exact) mass is 213 g/mol. The Morgan fingerprint density at radius 1 is 1.12 bits per heavy atom.